The summed E-state index contributed by atoms with van der Waals surface area (Å²) in [4.78, 5) is 79.2. The number of Topliss-reactive ketones (excluding diaryl/α,β-unsaturated/α-hetero) is 3. The number of nitrogens with zero attached hydrogens (tertiary/aromatic N) is 3. The molecule has 2 atom stereocenters. The number of amides is 1. The lowest BCUT2D eigenvalue weighted by Gasteiger charge is -2.28. The van der Waals surface area contributed by atoms with Crippen LogP contribution in [0.2, 0.25) is 5.02 Å². The molecule has 0 aromatic heterocycles. The predicted molar refractivity (Wildman–Crippen MR) is 275 cm³/mol. The molecule has 2 aliphatic rings. The molecule has 14 nitrogen and oxygen atoms in total. The lowest BCUT2D eigenvalue weighted by atomic mass is 10.00. The van der Waals surface area contributed by atoms with Crippen LogP contribution in [0.1, 0.15) is 75.3 Å². The Labute approximate surface area is 429 Å². The highest BCUT2D eigenvalue weighted by atomic mass is 79.9. The number of halogens is 2. The van der Waals surface area contributed by atoms with E-state index in [1.54, 1.807) is 122 Å². The van der Waals surface area contributed by atoms with Crippen LogP contribution >= 0.6 is 27.5 Å². The zero-order valence-electron chi connectivity index (χ0n) is 38.9. The lowest BCUT2D eigenvalue weighted by Crippen LogP contribution is -2.48. The van der Waals surface area contributed by atoms with Crippen molar-refractivity contribution in [2.45, 2.75) is 50.9 Å². The lowest BCUT2D eigenvalue weighted by molar-refractivity contribution is -0.137. The number of benzene rings is 6. The zero-order valence-corrected chi connectivity index (χ0v) is 41.3. The number of rotatable bonds is 16. The van der Waals surface area contributed by atoms with E-state index in [2.05, 4.69) is 40.6 Å². The maximum Gasteiger partial charge on any atom is 0.379 e. The molecule has 1 saturated carbocycles. The number of aliphatic hydroxyl groups is 1. The van der Waals surface area contributed by atoms with Gasteiger partial charge in [-0.15, -0.1) is 0 Å². The van der Waals surface area contributed by atoms with E-state index in [9.17, 15) is 33.9 Å². The Bertz CT molecular complexity index is 2980. The number of ether oxygens (including phenoxy) is 2. The fourth-order valence-corrected chi connectivity index (χ4v) is 7.85. The smallest absolute Gasteiger partial charge is 0.379 e. The average molecular weight is 1050 g/mol. The van der Waals surface area contributed by atoms with E-state index in [-0.39, 0.29) is 23.8 Å². The fourth-order valence-electron chi connectivity index (χ4n) is 7.35. The van der Waals surface area contributed by atoms with Gasteiger partial charge in [-0.25, -0.2) is 19.3 Å². The number of hydrogen-bond donors (Lipinski definition) is 3. The standard InChI is InChI=1S/C31H30ClN3O4.C15H9NO3.C10H9BrO3/c1-33-24-11-8-21(9-12-24)20-4-6-22(7-5-20)30(37)31(38)34-27(19-35-16-2-3-17-35)29(36)23-10-15-28(26(32)18-23)39-25-13-14-25;1-16-13-8-6-11(7-9-13)10-2-4-12(5-3-10)14(17)15(18)19;1-2-14-10(13)9(12)7-3-5-8(11)6-4-7/h4-12,15,18,25,27,29,36H,2-3,13-14,16-17,19H2,(H,34,38);2-9H,(H,18,19);3-6H,2H2,1H3/t27-,29-;;/m1../s1. The van der Waals surface area contributed by atoms with Gasteiger partial charge in [0.05, 0.1) is 36.9 Å². The molecule has 6 aromatic rings. The van der Waals surface area contributed by atoms with E-state index in [4.69, 9.17) is 34.6 Å². The Balaban J connectivity index is 0.000000211. The molecule has 8 rings (SSSR count). The molecule has 3 N–H and O–H groups in total. The Morgan fingerprint density at radius 3 is 1.60 bits per heavy atom. The largest absolute Gasteiger partial charge is 0.489 e. The van der Waals surface area contributed by atoms with Crippen molar-refractivity contribution in [2.24, 2.45) is 0 Å². The van der Waals surface area contributed by atoms with Crippen molar-refractivity contribution in [3.63, 3.8) is 0 Å². The Morgan fingerprint density at radius 1 is 0.694 bits per heavy atom. The monoisotopic (exact) mass is 1050 g/mol. The fraction of sp³-hybridized carbons (Fsp3) is 0.214. The summed E-state index contributed by atoms with van der Waals surface area (Å²) < 4.78 is 11.3. The van der Waals surface area contributed by atoms with Crippen LogP contribution in [0.3, 0.4) is 0 Å². The number of ketones is 3. The number of esters is 1. The van der Waals surface area contributed by atoms with Crippen molar-refractivity contribution in [1.82, 2.24) is 10.2 Å². The number of aliphatic carboxylic acids is 1. The molecule has 72 heavy (non-hydrogen) atoms. The third kappa shape index (κ3) is 15.1. The molecule has 0 radical (unpaired) electrons. The average Bonchev–Trinajstić information content (AvgIpc) is 4.09. The van der Waals surface area contributed by atoms with Gasteiger partial charge in [-0.1, -0.05) is 131 Å². The van der Waals surface area contributed by atoms with Gasteiger partial charge < -0.3 is 29.9 Å². The molecular weight excluding hydrogens is 1000 g/mol. The summed E-state index contributed by atoms with van der Waals surface area (Å²) in [6.07, 6.45) is 3.28. The SMILES string of the molecule is CCOC(=O)C(=O)c1ccc(Br)cc1.[C-]#[N+]c1ccc(-c2ccc(C(=O)C(=O)N[C@H](CN3CCCC3)[C@H](O)c3ccc(OC4CC4)c(Cl)c3)cc2)cc1.[C-]#[N+]c1ccc(-c2ccc(C(=O)C(=O)O)cc2)cc1. The van der Waals surface area contributed by atoms with Gasteiger partial charge in [-0.3, -0.25) is 19.2 Å². The quantitative estimate of drug-likeness (QED) is 0.0363. The molecule has 366 valence electrons. The van der Waals surface area contributed by atoms with Gasteiger partial charge in [0.25, 0.3) is 17.5 Å². The zero-order chi connectivity index (χ0) is 51.7. The Hall–Kier alpha value is -7.79. The molecule has 1 aliphatic carbocycles. The van der Waals surface area contributed by atoms with Crippen LogP contribution in [0, 0.1) is 13.1 Å². The molecule has 2 fully saturated rings. The van der Waals surface area contributed by atoms with E-state index in [1.165, 1.54) is 12.1 Å². The number of likely N-dealkylation sites (tertiary alicyclic amines) is 1. The van der Waals surface area contributed by atoms with Crippen molar-refractivity contribution in [1.29, 1.82) is 0 Å². The third-order valence-electron chi connectivity index (χ3n) is 11.4. The summed E-state index contributed by atoms with van der Waals surface area (Å²) in [6.45, 7) is 18.0. The molecule has 1 amide bonds. The van der Waals surface area contributed by atoms with Gasteiger partial charge in [0, 0.05) is 27.7 Å². The summed E-state index contributed by atoms with van der Waals surface area (Å²) in [7, 11) is 0. The number of carbonyl (C=O) groups is 6. The summed E-state index contributed by atoms with van der Waals surface area (Å²) >= 11 is 9.66. The minimum Gasteiger partial charge on any atom is -0.489 e. The molecule has 6 aromatic carbocycles. The van der Waals surface area contributed by atoms with Gasteiger partial charge in [0.1, 0.15) is 11.9 Å². The van der Waals surface area contributed by atoms with E-state index in [0.29, 0.717) is 39.8 Å². The highest BCUT2D eigenvalue weighted by Gasteiger charge is 2.30. The summed E-state index contributed by atoms with van der Waals surface area (Å²) in [5, 5.41) is 23.1. The molecule has 1 aliphatic heterocycles. The van der Waals surface area contributed by atoms with Crippen molar-refractivity contribution in [2.75, 3.05) is 26.2 Å². The number of hydrogen-bond acceptors (Lipinski definition) is 10. The van der Waals surface area contributed by atoms with Gasteiger partial charge in [0.15, 0.2) is 11.4 Å². The Morgan fingerprint density at radius 2 is 1.15 bits per heavy atom. The molecule has 0 bridgehead atoms. The highest BCUT2D eigenvalue weighted by molar-refractivity contribution is 9.10. The molecular formula is C56H48BrClN4O10. The minimum atomic E-state index is -1.46. The topological polar surface area (TPSA) is 185 Å². The molecule has 16 heteroatoms. The first kappa shape index (κ1) is 53.6. The first-order valence-corrected chi connectivity index (χ1v) is 24.0. The van der Waals surface area contributed by atoms with Gasteiger partial charge in [-0.05, 0) is 110 Å². The number of carbonyl (C=O) groups excluding carboxylic acids is 5. The molecule has 1 heterocycles. The van der Waals surface area contributed by atoms with Crippen molar-refractivity contribution in [3.8, 4) is 28.0 Å². The van der Waals surface area contributed by atoms with E-state index >= 15 is 0 Å². The normalized spacial score (nSPS) is 13.5. The number of carboxylic acid groups (broad SMARTS) is 1. The van der Waals surface area contributed by atoms with Gasteiger partial charge >= 0.3 is 11.9 Å². The summed E-state index contributed by atoms with van der Waals surface area (Å²) in [6, 6.07) is 38.3. The van der Waals surface area contributed by atoms with Crippen LogP contribution in [-0.2, 0) is 19.1 Å². The second-order valence-corrected chi connectivity index (χ2v) is 17.9. The van der Waals surface area contributed by atoms with Gasteiger partial charge in [-0.2, -0.15) is 0 Å². The molecule has 1 saturated heterocycles. The minimum absolute atomic E-state index is 0.147. The van der Waals surface area contributed by atoms with Crippen LogP contribution in [0.5, 0.6) is 5.75 Å². The van der Waals surface area contributed by atoms with Crippen LogP contribution in [0.4, 0.5) is 11.4 Å². The first-order valence-electron chi connectivity index (χ1n) is 22.8. The van der Waals surface area contributed by atoms with Crippen molar-refractivity contribution in [3.05, 3.63) is 194 Å². The number of aliphatic hydroxyl groups excluding tert-OH is 1. The van der Waals surface area contributed by atoms with Crippen LogP contribution in [0.15, 0.2) is 144 Å². The van der Waals surface area contributed by atoms with E-state index < -0.39 is 47.3 Å². The van der Waals surface area contributed by atoms with E-state index in [1.807, 2.05) is 12.1 Å². The van der Waals surface area contributed by atoms with Crippen molar-refractivity contribution >= 4 is 74.1 Å². The van der Waals surface area contributed by atoms with E-state index in [0.717, 1.165) is 65.5 Å². The molecule has 0 spiro atoms. The van der Waals surface area contributed by atoms with Gasteiger partial charge in [0.2, 0.25) is 5.78 Å². The maximum absolute atomic E-state index is 13.1. The second kappa shape index (κ2) is 25.9. The summed E-state index contributed by atoms with van der Waals surface area (Å²) in [5.74, 6) is -4.67. The number of nitrogens with one attached hydrogen (secondary N) is 1. The van der Waals surface area contributed by atoms with Crippen LogP contribution in [-0.4, -0.2) is 88.7 Å². The second-order valence-electron chi connectivity index (χ2n) is 16.5. The van der Waals surface area contributed by atoms with Crippen LogP contribution in [0.25, 0.3) is 31.9 Å². The van der Waals surface area contributed by atoms with Crippen molar-refractivity contribution < 1.29 is 48.5 Å². The predicted octanol–water partition coefficient (Wildman–Crippen LogP) is 11.0. The van der Waals surface area contributed by atoms with Crippen LogP contribution < -0.4 is 10.1 Å². The first-order chi connectivity index (χ1) is 34.7. The third-order valence-corrected chi connectivity index (χ3v) is 12.2. The highest BCUT2D eigenvalue weighted by Crippen LogP contribution is 2.34. The Kier molecular flexibility index (Phi) is 19.3. The molecule has 0 unspecified atom stereocenters. The maximum atomic E-state index is 13.1. The number of carboxylic acids is 1. The summed E-state index contributed by atoms with van der Waals surface area (Å²) in [5.41, 5.74) is 5.95.